The van der Waals surface area contributed by atoms with Crippen LogP contribution in [0.25, 0.3) is 0 Å². The van der Waals surface area contributed by atoms with Crippen molar-refractivity contribution in [1.29, 1.82) is 0 Å². The van der Waals surface area contributed by atoms with E-state index in [9.17, 15) is 9.59 Å². The van der Waals surface area contributed by atoms with Gasteiger partial charge in [-0.05, 0) is 36.8 Å². The molecule has 1 aliphatic heterocycles. The molecule has 2 heterocycles. The molecule has 5 nitrogen and oxygen atoms in total. The Morgan fingerprint density at radius 1 is 1.00 bits per heavy atom. The van der Waals surface area contributed by atoms with Crippen molar-refractivity contribution in [2.45, 2.75) is 32.2 Å². The van der Waals surface area contributed by atoms with Crippen molar-refractivity contribution in [2.24, 2.45) is 0 Å². The number of carbonyl (C=O) groups is 2. The van der Waals surface area contributed by atoms with E-state index in [4.69, 9.17) is 0 Å². The number of thiophene rings is 1. The number of benzene rings is 1. The molecule has 0 saturated carbocycles. The third-order valence-corrected chi connectivity index (χ3v) is 6.74. The average Bonchev–Trinajstić information content (AvgIpc) is 3.17. The van der Waals surface area contributed by atoms with Gasteiger partial charge in [0.05, 0.1) is 12.1 Å². The Kier molecular flexibility index (Phi) is 6.07. The van der Waals surface area contributed by atoms with Gasteiger partial charge in [0.2, 0.25) is 5.91 Å². The lowest BCUT2D eigenvalue weighted by Crippen LogP contribution is -2.51. The van der Waals surface area contributed by atoms with E-state index in [1.54, 1.807) is 11.3 Å². The molecule has 0 atom stereocenters. The van der Waals surface area contributed by atoms with Gasteiger partial charge in [0, 0.05) is 43.0 Å². The van der Waals surface area contributed by atoms with Crippen molar-refractivity contribution in [3.05, 3.63) is 57.3 Å². The van der Waals surface area contributed by atoms with E-state index in [0.29, 0.717) is 26.2 Å². The molecule has 0 spiro atoms. The summed E-state index contributed by atoms with van der Waals surface area (Å²) in [7, 11) is 0. The van der Waals surface area contributed by atoms with Crippen LogP contribution in [0.1, 0.15) is 39.2 Å². The molecule has 148 valence electrons. The highest BCUT2D eigenvalue weighted by Gasteiger charge is 2.27. The zero-order chi connectivity index (χ0) is 19.3. The fourth-order valence-corrected chi connectivity index (χ4v) is 5.13. The van der Waals surface area contributed by atoms with Crippen LogP contribution in [0.2, 0.25) is 0 Å². The molecule has 1 aromatic heterocycles. The first-order chi connectivity index (χ1) is 13.7. The van der Waals surface area contributed by atoms with Crippen LogP contribution < -0.4 is 5.32 Å². The fourth-order valence-electron chi connectivity index (χ4n) is 4.01. The Bertz CT molecular complexity index is 826. The summed E-state index contributed by atoms with van der Waals surface area (Å²) in [6.07, 6.45) is 4.60. The molecule has 6 heteroatoms. The molecule has 1 N–H and O–H groups in total. The van der Waals surface area contributed by atoms with E-state index in [2.05, 4.69) is 15.6 Å². The molecule has 2 aliphatic rings. The van der Waals surface area contributed by atoms with Crippen LogP contribution in [0.5, 0.6) is 0 Å². The molecule has 1 fully saturated rings. The van der Waals surface area contributed by atoms with Gasteiger partial charge in [0.1, 0.15) is 0 Å². The van der Waals surface area contributed by atoms with E-state index < -0.39 is 0 Å². The molecule has 2 amide bonds. The minimum absolute atomic E-state index is 0.0375. The van der Waals surface area contributed by atoms with Crippen molar-refractivity contribution in [3.8, 4) is 0 Å². The largest absolute Gasteiger partial charge is 0.351 e. The van der Waals surface area contributed by atoms with Crippen molar-refractivity contribution in [1.82, 2.24) is 15.1 Å². The summed E-state index contributed by atoms with van der Waals surface area (Å²) in [6.45, 7) is 3.82. The lowest BCUT2D eigenvalue weighted by Gasteiger charge is -2.34. The molecular weight excluding hydrogens is 370 g/mol. The summed E-state index contributed by atoms with van der Waals surface area (Å²) in [6, 6.07) is 9.93. The minimum Gasteiger partial charge on any atom is -0.351 e. The van der Waals surface area contributed by atoms with Crippen LogP contribution in [-0.2, 0) is 24.2 Å². The zero-order valence-electron chi connectivity index (χ0n) is 16.2. The lowest BCUT2D eigenvalue weighted by molar-refractivity contribution is -0.122. The van der Waals surface area contributed by atoms with Crippen LogP contribution in [0, 0.1) is 0 Å². The maximum absolute atomic E-state index is 13.0. The number of carbonyl (C=O) groups excluding carboxylic acids is 2. The number of hydrogen-bond acceptors (Lipinski definition) is 4. The molecule has 2 aromatic rings. The van der Waals surface area contributed by atoms with E-state index in [1.165, 1.54) is 23.3 Å². The third-order valence-electron chi connectivity index (χ3n) is 5.65. The van der Waals surface area contributed by atoms with Gasteiger partial charge in [-0.25, -0.2) is 0 Å². The number of nitrogens with one attached hydrogen (secondary N) is 1. The normalized spacial score (nSPS) is 17.2. The number of hydrogen-bond donors (Lipinski definition) is 1. The first kappa shape index (κ1) is 19.2. The van der Waals surface area contributed by atoms with Gasteiger partial charge in [-0.3, -0.25) is 14.5 Å². The molecular formula is C22H27N3O2S. The van der Waals surface area contributed by atoms with Crippen molar-refractivity contribution in [3.63, 3.8) is 0 Å². The van der Waals surface area contributed by atoms with Crippen molar-refractivity contribution < 1.29 is 9.59 Å². The predicted molar refractivity (Wildman–Crippen MR) is 112 cm³/mol. The Balaban J connectivity index is 1.25. The monoisotopic (exact) mass is 397 g/mol. The zero-order valence-corrected chi connectivity index (χ0v) is 17.0. The molecule has 28 heavy (non-hydrogen) atoms. The molecule has 1 aliphatic carbocycles. The van der Waals surface area contributed by atoms with Gasteiger partial charge in [-0.2, -0.15) is 0 Å². The van der Waals surface area contributed by atoms with Gasteiger partial charge >= 0.3 is 0 Å². The summed E-state index contributed by atoms with van der Waals surface area (Å²) < 4.78 is 0. The standard InChI is InChI=1S/C22H27N3O2S/c26-21(23-14-17-6-2-1-3-7-17)15-24-10-12-25(13-11-24)22(27)19-16-28-20-9-5-4-8-18(19)20/h1-3,6-7,16H,4-5,8-15H2,(H,23,26). The second kappa shape index (κ2) is 8.88. The van der Waals surface area contributed by atoms with Crippen LogP contribution >= 0.6 is 11.3 Å². The van der Waals surface area contributed by atoms with Gasteiger partial charge in [0.25, 0.3) is 5.91 Å². The Hall–Kier alpha value is -2.18. The molecule has 1 aromatic carbocycles. The second-order valence-corrected chi connectivity index (χ2v) is 8.55. The molecule has 1 saturated heterocycles. The number of nitrogens with zero attached hydrogens (tertiary/aromatic N) is 2. The highest BCUT2D eigenvalue weighted by molar-refractivity contribution is 7.10. The number of piperazine rings is 1. The van der Waals surface area contributed by atoms with Crippen LogP contribution in [0.3, 0.4) is 0 Å². The van der Waals surface area contributed by atoms with Gasteiger partial charge < -0.3 is 10.2 Å². The van der Waals surface area contributed by atoms with Crippen LogP contribution in [-0.4, -0.2) is 54.3 Å². The van der Waals surface area contributed by atoms with Gasteiger partial charge in [-0.15, -0.1) is 11.3 Å². The topological polar surface area (TPSA) is 52.7 Å². The number of rotatable bonds is 5. The fraction of sp³-hybridized carbons (Fsp3) is 0.455. The smallest absolute Gasteiger partial charge is 0.255 e. The maximum Gasteiger partial charge on any atom is 0.255 e. The second-order valence-electron chi connectivity index (χ2n) is 7.59. The minimum atomic E-state index is 0.0375. The quantitative estimate of drug-likeness (QED) is 0.844. The highest BCUT2D eigenvalue weighted by atomic mass is 32.1. The number of aryl methyl sites for hydroxylation is 1. The SMILES string of the molecule is O=C(CN1CCN(C(=O)c2csc3c2CCCC3)CC1)NCc1ccccc1. The summed E-state index contributed by atoms with van der Waals surface area (Å²) in [5.41, 5.74) is 3.32. The molecule has 0 unspecified atom stereocenters. The number of fused-ring (bicyclic) bond motifs is 1. The van der Waals surface area contributed by atoms with E-state index in [0.717, 1.165) is 37.1 Å². The average molecular weight is 398 g/mol. The Morgan fingerprint density at radius 3 is 2.54 bits per heavy atom. The van der Waals surface area contributed by atoms with E-state index >= 15 is 0 Å². The summed E-state index contributed by atoms with van der Waals surface area (Å²) in [5, 5.41) is 5.03. The lowest BCUT2D eigenvalue weighted by atomic mass is 9.95. The summed E-state index contributed by atoms with van der Waals surface area (Å²) >= 11 is 1.75. The maximum atomic E-state index is 13.0. The molecule has 0 bridgehead atoms. The van der Waals surface area contributed by atoms with Gasteiger partial charge in [0.15, 0.2) is 0 Å². The van der Waals surface area contributed by atoms with E-state index in [1.807, 2.05) is 35.2 Å². The third kappa shape index (κ3) is 4.45. The van der Waals surface area contributed by atoms with Crippen LogP contribution in [0.4, 0.5) is 0 Å². The Labute approximate surface area is 170 Å². The van der Waals surface area contributed by atoms with Crippen molar-refractivity contribution in [2.75, 3.05) is 32.7 Å². The summed E-state index contributed by atoms with van der Waals surface area (Å²) in [4.78, 5) is 30.7. The molecule has 4 rings (SSSR count). The number of amides is 2. The van der Waals surface area contributed by atoms with Crippen LogP contribution in [0.15, 0.2) is 35.7 Å². The molecule has 0 radical (unpaired) electrons. The first-order valence-corrected chi connectivity index (χ1v) is 11.0. The van der Waals surface area contributed by atoms with Gasteiger partial charge in [-0.1, -0.05) is 30.3 Å². The Morgan fingerprint density at radius 2 is 1.75 bits per heavy atom. The van der Waals surface area contributed by atoms with E-state index in [-0.39, 0.29) is 11.8 Å². The van der Waals surface area contributed by atoms with Crippen molar-refractivity contribution >= 4 is 23.2 Å². The summed E-state index contributed by atoms with van der Waals surface area (Å²) in [5.74, 6) is 0.211. The predicted octanol–water partition coefficient (Wildman–Crippen LogP) is 2.70. The highest BCUT2D eigenvalue weighted by Crippen LogP contribution is 2.31. The first-order valence-electron chi connectivity index (χ1n) is 10.1.